The summed E-state index contributed by atoms with van der Waals surface area (Å²) in [6, 6.07) is 8.91. The molecule has 1 rings (SSSR count). The highest BCUT2D eigenvalue weighted by Gasteiger charge is 2.02. The maximum absolute atomic E-state index is 5.77. The van der Waals surface area contributed by atoms with Crippen LogP contribution in [-0.2, 0) is 0 Å². The molecule has 0 fully saturated rings. The highest BCUT2D eigenvalue weighted by Crippen LogP contribution is 2.20. The minimum Gasteiger partial charge on any atom is -0.494 e. The SMILES string of the molecule is CCNC(C)CCOc1cccc(C(C)C)c1. The average molecular weight is 235 g/mol. The van der Waals surface area contributed by atoms with Crippen LogP contribution >= 0.6 is 0 Å². The monoisotopic (exact) mass is 235 g/mol. The summed E-state index contributed by atoms with van der Waals surface area (Å²) in [7, 11) is 0. The van der Waals surface area contributed by atoms with E-state index in [4.69, 9.17) is 4.74 Å². The van der Waals surface area contributed by atoms with Crippen molar-refractivity contribution in [3.05, 3.63) is 29.8 Å². The summed E-state index contributed by atoms with van der Waals surface area (Å²) in [5.74, 6) is 1.54. The Morgan fingerprint density at radius 3 is 2.65 bits per heavy atom. The molecule has 0 aliphatic rings. The smallest absolute Gasteiger partial charge is 0.119 e. The molecule has 17 heavy (non-hydrogen) atoms. The lowest BCUT2D eigenvalue weighted by atomic mass is 10.0. The molecular formula is C15H25NO. The lowest BCUT2D eigenvalue weighted by Gasteiger charge is -2.14. The second kappa shape index (κ2) is 7.33. The summed E-state index contributed by atoms with van der Waals surface area (Å²) in [6.45, 7) is 10.5. The number of hydrogen-bond acceptors (Lipinski definition) is 2. The van der Waals surface area contributed by atoms with Gasteiger partial charge in [0.05, 0.1) is 6.61 Å². The van der Waals surface area contributed by atoms with Gasteiger partial charge in [0.25, 0.3) is 0 Å². The van der Waals surface area contributed by atoms with Crippen molar-refractivity contribution in [1.29, 1.82) is 0 Å². The van der Waals surface area contributed by atoms with Crippen molar-refractivity contribution in [3.8, 4) is 5.75 Å². The molecule has 0 saturated heterocycles. The Balaban J connectivity index is 2.38. The zero-order chi connectivity index (χ0) is 12.7. The van der Waals surface area contributed by atoms with Crippen molar-refractivity contribution in [1.82, 2.24) is 5.32 Å². The molecule has 1 aromatic rings. The molecule has 0 radical (unpaired) electrons. The van der Waals surface area contributed by atoms with E-state index >= 15 is 0 Å². The summed E-state index contributed by atoms with van der Waals surface area (Å²) < 4.78 is 5.77. The van der Waals surface area contributed by atoms with Gasteiger partial charge in [0, 0.05) is 6.04 Å². The fourth-order valence-electron chi connectivity index (χ4n) is 1.77. The molecule has 0 aromatic heterocycles. The van der Waals surface area contributed by atoms with Crippen molar-refractivity contribution >= 4 is 0 Å². The van der Waals surface area contributed by atoms with Crippen LogP contribution in [0, 0.1) is 0 Å². The van der Waals surface area contributed by atoms with Gasteiger partial charge in [-0.3, -0.25) is 0 Å². The maximum atomic E-state index is 5.77. The number of benzene rings is 1. The molecule has 0 spiro atoms. The first-order chi connectivity index (χ1) is 8.13. The molecule has 0 heterocycles. The summed E-state index contributed by atoms with van der Waals surface area (Å²) in [5.41, 5.74) is 1.34. The van der Waals surface area contributed by atoms with Crippen LogP contribution in [-0.4, -0.2) is 19.2 Å². The van der Waals surface area contributed by atoms with Gasteiger partial charge in [-0.15, -0.1) is 0 Å². The van der Waals surface area contributed by atoms with Crippen LogP contribution in [0.4, 0.5) is 0 Å². The highest BCUT2D eigenvalue weighted by atomic mass is 16.5. The quantitative estimate of drug-likeness (QED) is 0.780. The summed E-state index contributed by atoms with van der Waals surface area (Å²) >= 11 is 0. The van der Waals surface area contributed by atoms with Crippen LogP contribution in [0.2, 0.25) is 0 Å². The summed E-state index contributed by atoms with van der Waals surface area (Å²) in [4.78, 5) is 0. The van der Waals surface area contributed by atoms with E-state index in [1.54, 1.807) is 0 Å². The van der Waals surface area contributed by atoms with Crippen molar-refractivity contribution in [2.75, 3.05) is 13.2 Å². The molecule has 1 aromatic carbocycles. The first-order valence-electron chi connectivity index (χ1n) is 6.59. The normalized spacial score (nSPS) is 12.8. The first-order valence-corrected chi connectivity index (χ1v) is 6.59. The van der Waals surface area contributed by atoms with E-state index in [1.807, 2.05) is 6.07 Å². The zero-order valence-electron chi connectivity index (χ0n) is 11.5. The Morgan fingerprint density at radius 1 is 1.24 bits per heavy atom. The van der Waals surface area contributed by atoms with Gasteiger partial charge in [-0.05, 0) is 43.5 Å². The molecule has 2 heteroatoms. The van der Waals surface area contributed by atoms with E-state index in [0.29, 0.717) is 12.0 Å². The largest absolute Gasteiger partial charge is 0.494 e. The van der Waals surface area contributed by atoms with Gasteiger partial charge in [0.1, 0.15) is 5.75 Å². The fourth-order valence-corrected chi connectivity index (χ4v) is 1.77. The summed E-state index contributed by atoms with van der Waals surface area (Å²) in [5, 5.41) is 3.38. The van der Waals surface area contributed by atoms with Gasteiger partial charge in [-0.1, -0.05) is 32.9 Å². The van der Waals surface area contributed by atoms with E-state index in [1.165, 1.54) is 5.56 Å². The molecule has 2 nitrogen and oxygen atoms in total. The molecule has 0 bridgehead atoms. The fraction of sp³-hybridized carbons (Fsp3) is 0.600. The van der Waals surface area contributed by atoms with E-state index in [9.17, 15) is 0 Å². The number of rotatable bonds is 7. The lowest BCUT2D eigenvalue weighted by Crippen LogP contribution is -2.27. The third-order valence-electron chi connectivity index (χ3n) is 2.90. The zero-order valence-corrected chi connectivity index (χ0v) is 11.5. The summed E-state index contributed by atoms with van der Waals surface area (Å²) in [6.07, 6.45) is 1.04. The van der Waals surface area contributed by atoms with Crippen molar-refractivity contribution in [2.45, 2.75) is 46.1 Å². The van der Waals surface area contributed by atoms with Gasteiger partial charge >= 0.3 is 0 Å². The number of nitrogens with one attached hydrogen (secondary N) is 1. The van der Waals surface area contributed by atoms with Crippen molar-refractivity contribution < 1.29 is 4.74 Å². The third-order valence-corrected chi connectivity index (χ3v) is 2.90. The Bertz CT molecular complexity index is 322. The average Bonchev–Trinajstić information content (AvgIpc) is 2.30. The van der Waals surface area contributed by atoms with Crippen LogP contribution in [0.15, 0.2) is 24.3 Å². The predicted octanol–water partition coefficient (Wildman–Crippen LogP) is 3.58. The maximum Gasteiger partial charge on any atom is 0.119 e. The standard InChI is InChI=1S/C15H25NO/c1-5-16-13(4)9-10-17-15-8-6-7-14(11-15)12(2)3/h6-8,11-13,16H,5,9-10H2,1-4H3. The van der Waals surface area contributed by atoms with Crippen molar-refractivity contribution in [3.63, 3.8) is 0 Å². The van der Waals surface area contributed by atoms with Gasteiger partial charge in [-0.25, -0.2) is 0 Å². The topological polar surface area (TPSA) is 21.3 Å². The minimum atomic E-state index is 0.522. The molecule has 96 valence electrons. The van der Waals surface area contributed by atoms with E-state index in [0.717, 1.165) is 25.3 Å². The molecule has 1 atom stereocenters. The number of hydrogen-bond donors (Lipinski definition) is 1. The Hall–Kier alpha value is -1.02. The van der Waals surface area contributed by atoms with E-state index in [-0.39, 0.29) is 0 Å². The molecule has 1 unspecified atom stereocenters. The highest BCUT2D eigenvalue weighted by molar-refractivity contribution is 5.30. The van der Waals surface area contributed by atoms with Gasteiger partial charge < -0.3 is 10.1 Å². The Labute approximate surface area is 105 Å². The van der Waals surface area contributed by atoms with Gasteiger partial charge in [0.2, 0.25) is 0 Å². The lowest BCUT2D eigenvalue weighted by molar-refractivity contribution is 0.291. The van der Waals surface area contributed by atoms with Gasteiger partial charge in [0.15, 0.2) is 0 Å². The molecule has 0 aliphatic carbocycles. The Kier molecular flexibility index (Phi) is 6.06. The predicted molar refractivity (Wildman–Crippen MR) is 73.8 cm³/mol. The van der Waals surface area contributed by atoms with Crippen molar-refractivity contribution in [2.24, 2.45) is 0 Å². The first kappa shape index (κ1) is 14.0. The molecular weight excluding hydrogens is 210 g/mol. The van der Waals surface area contributed by atoms with Crippen LogP contribution in [0.3, 0.4) is 0 Å². The molecule has 0 aliphatic heterocycles. The second-order valence-corrected chi connectivity index (χ2v) is 4.82. The van der Waals surface area contributed by atoms with Crippen LogP contribution in [0.5, 0.6) is 5.75 Å². The molecule has 1 N–H and O–H groups in total. The van der Waals surface area contributed by atoms with Crippen LogP contribution < -0.4 is 10.1 Å². The Morgan fingerprint density at radius 2 is 2.00 bits per heavy atom. The van der Waals surface area contributed by atoms with Crippen LogP contribution in [0.25, 0.3) is 0 Å². The van der Waals surface area contributed by atoms with Gasteiger partial charge in [-0.2, -0.15) is 0 Å². The number of ether oxygens (including phenoxy) is 1. The molecule has 0 amide bonds. The minimum absolute atomic E-state index is 0.522. The van der Waals surface area contributed by atoms with Crippen LogP contribution in [0.1, 0.15) is 45.6 Å². The van der Waals surface area contributed by atoms with E-state index < -0.39 is 0 Å². The third kappa shape index (κ3) is 5.22. The molecule has 0 saturated carbocycles. The second-order valence-electron chi connectivity index (χ2n) is 4.82. The van der Waals surface area contributed by atoms with E-state index in [2.05, 4.69) is 51.2 Å².